The number of urea groups is 1. The summed E-state index contributed by atoms with van der Waals surface area (Å²) in [7, 11) is 0. The number of carbonyl (C=O) groups is 3. The Morgan fingerprint density at radius 3 is 2.61 bits per heavy atom. The number of halogens is 1. The van der Waals surface area contributed by atoms with Crippen LogP contribution in [0, 0.1) is 12.7 Å². The quantitative estimate of drug-likeness (QED) is 0.607. The average molecular weight is 381 g/mol. The van der Waals surface area contributed by atoms with E-state index in [0.717, 1.165) is 0 Å². The fourth-order valence-corrected chi connectivity index (χ4v) is 3.27. The Morgan fingerprint density at radius 2 is 1.93 bits per heavy atom. The van der Waals surface area contributed by atoms with E-state index in [2.05, 4.69) is 16.0 Å². The summed E-state index contributed by atoms with van der Waals surface area (Å²) in [6.07, 6.45) is 0. The summed E-state index contributed by atoms with van der Waals surface area (Å²) in [6.45, 7) is 3.25. The fraction of sp³-hybridized carbons (Fsp3) is 0.150. The van der Waals surface area contributed by atoms with Crippen LogP contribution in [0.15, 0.2) is 46.9 Å². The molecule has 1 atom stereocenters. The van der Waals surface area contributed by atoms with Crippen LogP contribution in [0.1, 0.15) is 28.6 Å². The topological polar surface area (TPSA) is 100 Å². The van der Waals surface area contributed by atoms with E-state index in [0.29, 0.717) is 22.2 Å². The Balaban J connectivity index is 1.65. The molecule has 0 aliphatic carbocycles. The van der Waals surface area contributed by atoms with Crippen LogP contribution in [0.4, 0.5) is 14.9 Å². The molecule has 142 valence electrons. The second-order valence-electron chi connectivity index (χ2n) is 6.74. The zero-order valence-electron chi connectivity index (χ0n) is 15.1. The molecule has 1 aliphatic heterocycles. The van der Waals surface area contributed by atoms with Gasteiger partial charge in [-0.05, 0) is 37.6 Å². The molecule has 4 amide bonds. The van der Waals surface area contributed by atoms with Gasteiger partial charge in [-0.25, -0.2) is 9.18 Å². The van der Waals surface area contributed by atoms with E-state index in [1.54, 1.807) is 50.2 Å². The van der Waals surface area contributed by atoms with Gasteiger partial charge in [0.1, 0.15) is 5.54 Å². The molecule has 0 radical (unpaired) electrons. The Morgan fingerprint density at radius 1 is 1.18 bits per heavy atom. The number of furan rings is 1. The molecule has 1 aromatic heterocycles. The van der Waals surface area contributed by atoms with Gasteiger partial charge in [0.2, 0.25) is 0 Å². The third-order valence-electron chi connectivity index (χ3n) is 4.86. The highest BCUT2D eigenvalue weighted by molar-refractivity contribution is 6.08. The third kappa shape index (κ3) is 2.70. The van der Waals surface area contributed by atoms with Crippen molar-refractivity contribution in [2.24, 2.45) is 0 Å². The van der Waals surface area contributed by atoms with Gasteiger partial charge >= 0.3 is 6.03 Å². The standard InChI is InChI=1S/C20H16FN3O4/c1-10-13-7-4-8-14(21)16(13)28-15(10)17(25)22-12-6-3-5-11(9-12)20(2)18(26)23-19(27)24-20/h3-9H,1-2H3,(H,22,25)(H2,23,24,26,27)/t20-/m0/s1. The number of anilines is 1. The molecule has 1 saturated heterocycles. The van der Waals surface area contributed by atoms with Gasteiger partial charge in [0, 0.05) is 16.6 Å². The maximum Gasteiger partial charge on any atom is 0.322 e. The minimum Gasteiger partial charge on any atom is -0.448 e. The predicted molar refractivity (Wildman–Crippen MR) is 99.3 cm³/mol. The molecule has 7 nitrogen and oxygen atoms in total. The normalized spacial score (nSPS) is 18.8. The van der Waals surface area contributed by atoms with Crippen LogP contribution in [0.3, 0.4) is 0 Å². The number of rotatable bonds is 3. The highest BCUT2D eigenvalue weighted by Gasteiger charge is 2.43. The zero-order chi connectivity index (χ0) is 20.1. The molecule has 4 rings (SSSR count). The minimum atomic E-state index is -1.24. The van der Waals surface area contributed by atoms with Gasteiger partial charge in [0.05, 0.1) is 0 Å². The van der Waals surface area contributed by atoms with Crippen molar-refractivity contribution in [1.82, 2.24) is 10.6 Å². The lowest BCUT2D eigenvalue weighted by Crippen LogP contribution is -2.40. The number of fused-ring (bicyclic) bond motifs is 1. The van der Waals surface area contributed by atoms with Crippen molar-refractivity contribution in [3.05, 3.63) is 65.2 Å². The van der Waals surface area contributed by atoms with E-state index < -0.39 is 29.2 Å². The SMILES string of the molecule is Cc1c(C(=O)Nc2cccc([C@]3(C)NC(=O)NC3=O)c2)oc2c(F)cccc12. The van der Waals surface area contributed by atoms with Crippen LogP contribution in [0.25, 0.3) is 11.0 Å². The second kappa shape index (κ2) is 6.19. The summed E-state index contributed by atoms with van der Waals surface area (Å²) in [5.74, 6) is -1.57. The van der Waals surface area contributed by atoms with Crippen LogP contribution in [0.2, 0.25) is 0 Å². The monoisotopic (exact) mass is 381 g/mol. The molecular formula is C20H16FN3O4. The van der Waals surface area contributed by atoms with Gasteiger partial charge in [-0.3, -0.25) is 14.9 Å². The van der Waals surface area contributed by atoms with E-state index in [-0.39, 0.29) is 11.3 Å². The molecule has 2 aromatic carbocycles. The smallest absolute Gasteiger partial charge is 0.322 e. The first-order valence-electron chi connectivity index (χ1n) is 8.52. The molecule has 3 aromatic rings. The Bertz CT molecular complexity index is 1150. The molecule has 1 fully saturated rings. The molecule has 0 saturated carbocycles. The van der Waals surface area contributed by atoms with E-state index >= 15 is 0 Å². The van der Waals surface area contributed by atoms with Crippen molar-refractivity contribution in [2.45, 2.75) is 19.4 Å². The number of aryl methyl sites for hydroxylation is 1. The Kier molecular flexibility index (Phi) is 3.92. The number of imide groups is 1. The summed E-state index contributed by atoms with van der Waals surface area (Å²) in [5, 5.41) is 7.97. The van der Waals surface area contributed by atoms with Crippen LogP contribution in [0.5, 0.6) is 0 Å². The van der Waals surface area contributed by atoms with E-state index in [4.69, 9.17) is 4.42 Å². The number of amides is 4. The molecule has 0 unspecified atom stereocenters. The van der Waals surface area contributed by atoms with Crippen molar-refractivity contribution >= 4 is 34.5 Å². The van der Waals surface area contributed by atoms with Crippen molar-refractivity contribution in [1.29, 1.82) is 0 Å². The summed E-state index contributed by atoms with van der Waals surface area (Å²) in [5.41, 5.74) is 0.212. The maximum absolute atomic E-state index is 13.9. The van der Waals surface area contributed by atoms with Crippen LogP contribution in [-0.2, 0) is 10.3 Å². The van der Waals surface area contributed by atoms with Gasteiger partial charge in [-0.15, -0.1) is 0 Å². The van der Waals surface area contributed by atoms with Gasteiger partial charge < -0.3 is 15.1 Å². The van der Waals surface area contributed by atoms with E-state index in [1.165, 1.54) is 6.07 Å². The molecule has 28 heavy (non-hydrogen) atoms. The van der Waals surface area contributed by atoms with Crippen molar-refractivity contribution in [2.75, 3.05) is 5.32 Å². The molecule has 8 heteroatoms. The summed E-state index contributed by atoms with van der Waals surface area (Å²) >= 11 is 0. The lowest BCUT2D eigenvalue weighted by atomic mass is 9.92. The highest BCUT2D eigenvalue weighted by atomic mass is 19.1. The second-order valence-corrected chi connectivity index (χ2v) is 6.74. The Labute approximate surface area is 158 Å². The van der Waals surface area contributed by atoms with Gasteiger partial charge in [0.25, 0.3) is 11.8 Å². The maximum atomic E-state index is 13.9. The van der Waals surface area contributed by atoms with Crippen LogP contribution < -0.4 is 16.0 Å². The largest absolute Gasteiger partial charge is 0.448 e. The highest BCUT2D eigenvalue weighted by Crippen LogP contribution is 2.29. The first-order chi connectivity index (χ1) is 13.3. The first kappa shape index (κ1) is 17.7. The average Bonchev–Trinajstić information content (AvgIpc) is 3.13. The Hall–Kier alpha value is -3.68. The third-order valence-corrected chi connectivity index (χ3v) is 4.86. The number of carbonyl (C=O) groups excluding carboxylic acids is 3. The molecule has 0 spiro atoms. The summed E-state index contributed by atoms with van der Waals surface area (Å²) < 4.78 is 19.3. The van der Waals surface area contributed by atoms with Gasteiger partial charge in [-0.2, -0.15) is 0 Å². The van der Waals surface area contributed by atoms with Crippen molar-refractivity contribution in [3.63, 3.8) is 0 Å². The van der Waals surface area contributed by atoms with Gasteiger partial charge in [-0.1, -0.05) is 24.3 Å². The zero-order valence-corrected chi connectivity index (χ0v) is 15.1. The predicted octanol–water partition coefficient (Wildman–Crippen LogP) is 3.19. The lowest BCUT2D eigenvalue weighted by Gasteiger charge is -2.21. The lowest BCUT2D eigenvalue weighted by molar-refractivity contribution is -0.123. The van der Waals surface area contributed by atoms with Crippen molar-refractivity contribution < 1.29 is 23.2 Å². The number of nitrogens with one attached hydrogen (secondary N) is 3. The summed E-state index contributed by atoms with van der Waals surface area (Å²) in [4.78, 5) is 36.3. The molecule has 3 N–H and O–H groups in total. The summed E-state index contributed by atoms with van der Waals surface area (Å²) in [6, 6.07) is 10.4. The number of hydrogen-bond acceptors (Lipinski definition) is 4. The number of benzene rings is 2. The fourth-order valence-electron chi connectivity index (χ4n) is 3.27. The van der Waals surface area contributed by atoms with Crippen LogP contribution in [-0.4, -0.2) is 17.8 Å². The van der Waals surface area contributed by atoms with Crippen LogP contribution >= 0.6 is 0 Å². The molecular weight excluding hydrogens is 365 g/mol. The number of hydrogen-bond donors (Lipinski definition) is 3. The van der Waals surface area contributed by atoms with E-state index in [9.17, 15) is 18.8 Å². The van der Waals surface area contributed by atoms with Gasteiger partial charge in [0.15, 0.2) is 17.2 Å². The minimum absolute atomic E-state index is 0.00336. The molecule has 0 bridgehead atoms. The molecule has 1 aliphatic rings. The van der Waals surface area contributed by atoms with Crippen molar-refractivity contribution in [3.8, 4) is 0 Å². The first-order valence-corrected chi connectivity index (χ1v) is 8.52. The van der Waals surface area contributed by atoms with E-state index in [1.807, 2.05) is 0 Å². The molecule has 2 heterocycles. The number of para-hydroxylation sites is 1.